The van der Waals surface area contributed by atoms with Gasteiger partial charge in [0.05, 0.1) is 12.7 Å². The number of hydrogen-bond donors (Lipinski definition) is 1. The molecule has 0 spiro atoms. The van der Waals surface area contributed by atoms with Gasteiger partial charge in [-0.25, -0.2) is 0 Å². The molecule has 0 radical (unpaired) electrons. The van der Waals surface area contributed by atoms with Crippen molar-refractivity contribution in [1.82, 2.24) is 0 Å². The first-order valence-electron chi connectivity index (χ1n) is 5.01. The zero-order valence-electron chi connectivity index (χ0n) is 8.81. The average Bonchev–Trinajstić information content (AvgIpc) is 2.20. The zero-order valence-corrected chi connectivity index (χ0v) is 9.71. The minimum atomic E-state index is 0.293. The van der Waals surface area contributed by atoms with Crippen molar-refractivity contribution in [3.05, 3.63) is 35.9 Å². The first-order chi connectivity index (χ1) is 6.74. The molecule has 0 saturated carbocycles. The number of thiol groups is 1. The summed E-state index contributed by atoms with van der Waals surface area (Å²) in [6, 6.07) is 10.4. The van der Waals surface area contributed by atoms with Crippen LogP contribution in [-0.4, -0.2) is 18.5 Å². The van der Waals surface area contributed by atoms with Gasteiger partial charge in [0, 0.05) is 5.92 Å². The molecule has 78 valence electrons. The second-order valence-corrected chi connectivity index (χ2v) is 4.04. The van der Waals surface area contributed by atoms with Gasteiger partial charge in [0.1, 0.15) is 0 Å². The van der Waals surface area contributed by atoms with Crippen molar-refractivity contribution in [1.29, 1.82) is 0 Å². The fraction of sp³-hybridized carbons (Fsp3) is 0.500. The van der Waals surface area contributed by atoms with E-state index < -0.39 is 0 Å². The molecule has 0 aromatic heterocycles. The summed E-state index contributed by atoms with van der Waals surface area (Å²) in [5.41, 5.74) is 1.31. The monoisotopic (exact) mass is 210 g/mol. The van der Waals surface area contributed by atoms with Crippen molar-refractivity contribution in [2.75, 3.05) is 12.4 Å². The highest BCUT2D eigenvalue weighted by Crippen LogP contribution is 2.17. The summed E-state index contributed by atoms with van der Waals surface area (Å²) in [5, 5.41) is 0. The molecule has 14 heavy (non-hydrogen) atoms. The fourth-order valence-corrected chi connectivity index (χ4v) is 1.60. The number of rotatable bonds is 5. The lowest BCUT2D eigenvalue weighted by Gasteiger charge is -2.16. The van der Waals surface area contributed by atoms with Crippen molar-refractivity contribution < 1.29 is 4.74 Å². The van der Waals surface area contributed by atoms with Crippen LogP contribution in [0.15, 0.2) is 30.3 Å². The van der Waals surface area contributed by atoms with E-state index in [2.05, 4.69) is 50.7 Å². The van der Waals surface area contributed by atoms with Crippen molar-refractivity contribution in [3.63, 3.8) is 0 Å². The van der Waals surface area contributed by atoms with Crippen molar-refractivity contribution >= 4 is 12.6 Å². The normalized spacial score (nSPS) is 13.1. The maximum absolute atomic E-state index is 5.60. The molecular weight excluding hydrogens is 192 g/mol. The van der Waals surface area contributed by atoms with E-state index in [1.54, 1.807) is 0 Å². The lowest BCUT2D eigenvalue weighted by Crippen LogP contribution is -2.13. The smallest absolute Gasteiger partial charge is 0.0546 e. The van der Waals surface area contributed by atoms with Gasteiger partial charge in [-0.3, -0.25) is 0 Å². The maximum atomic E-state index is 5.60. The van der Waals surface area contributed by atoms with Crippen LogP contribution in [0.1, 0.15) is 25.3 Å². The van der Waals surface area contributed by atoms with Gasteiger partial charge in [0.15, 0.2) is 0 Å². The van der Waals surface area contributed by atoms with Gasteiger partial charge in [-0.2, -0.15) is 12.6 Å². The highest BCUT2D eigenvalue weighted by atomic mass is 32.1. The van der Waals surface area contributed by atoms with Gasteiger partial charge >= 0.3 is 0 Å². The van der Waals surface area contributed by atoms with Crippen molar-refractivity contribution in [3.8, 4) is 0 Å². The lowest BCUT2D eigenvalue weighted by molar-refractivity contribution is 0.0710. The minimum Gasteiger partial charge on any atom is -0.378 e. The molecule has 0 saturated heterocycles. The van der Waals surface area contributed by atoms with E-state index in [0.717, 1.165) is 12.4 Å². The molecule has 0 N–H and O–H groups in total. The highest BCUT2D eigenvalue weighted by molar-refractivity contribution is 7.80. The topological polar surface area (TPSA) is 9.23 Å². The van der Waals surface area contributed by atoms with Gasteiger partial charge in [0.2, 0.25) is 0 Å². The third-order valence-electron chi connectivity index (χ3n) is 2.12. The zero-order chi connectivity index (χ0) is 10.4. The Morgan fingerprint density at radius 1 is 1.21 bits per heavy atom. The van der Waals surface area contributed by atoms with Gasteiger partial charge in [-0.05, 0) is 25.2 Å². The molecule has 0 aliphatic heterocycles. The van der Waals surface area contributed by atoms with Crippen LogP contribution in [0.4, 0.5) is 0 Å². The SMILES string of the molecule is CC(C)OCC(CS)c1ccccc1. The largest absolute Gasteiger partial charge is 0.378 e. The van der Waals surface area contributed by atoms with E-state index in [1.165, 1.54) is 5.56 Å². The first-order valence-corrected chi connectivity index (χ1v) is 5.64. The Bertz CT molecular complexity index is 246. The van der Waals surface area contributed by atoms with Crippen LogP contribution in [0.3, 0.4) is 0 Å². The molecule has 0 aliphatic carbocycles. The quantitative estimate of drug-likeness (QED) is 0.735. The molecule has 2 heteroatoms. The van der Waals surface area contributed by atoms with Crippen molar-refractivity contribution in [2.24, 2.45) is 0 Å². The third-order valence-corrected chi connectivity index (χ3v) is 2.56. The van der Waals surface area contributed by atoms with Crippen LogP contribution in [0.25, 0.3) is 0 Å². The Balaban J connectivity index is 2.54. The summed E-state index contributed by atoms with van der Waals surface area (Å²) in [4.78, 5) is 0. The van der Waals surface area contributed by atoms with E-state index >= 15 is 0 Å². The number of benzene rings is 1. The second kappa shape index (κ2) is 6.10. The van der Waals surface area contributed by atoms with Gasteiger partial charge in [0.25, 0.3) is 0 Å². The van der Waals surface area contributed by atoms with Crippen LogP contribution in [0.2, 0.25) is 0 Å². The van der Waals surface area contributed by atoms with E-state index in [1.807, 2.05) is 6.07 Å². The summed E-state index contributed by atoms with van der Waals surface area (Å²) in [6.45, 7) is 4.87. The maximum Gasteiger partial charge on any atom is 0.0546 e. The Labute approximate surface area is 91.9 Å². The molecule has 1 unspecified atom stereocenters. The molecular formula is C12H18OS. The second-order valence-electron chi connectivity index (χ2n) is 3.67. The van der Waals surface area contributed by atoms with Crippen LogP contribution in [0, 0.1) is 0 Å². The van der Waals surface area contributed by atoms with E-state index in [9.17, 15) is 0 Å². The Kier molecular flexibility index (Phi) is 5.05. The van der Waals surface area contributed by atoms with Crippen LogP contribution in [-0.2, 0) is 4.74 Å². The number of ether oxygens (including phenoxy) is 1. The molecule has 0 bridgehead atoms. The van der Waals surface area contributed by atoms with E-state index in [0.29, 0.717) is 12.0 Å². The van der Waals surface area contributed by atoms with Gasteiger partial charge in [-0.1, -0.05) is 30.3 Å². The fourth-order valence-electron chi connectivity index (χ4n) is 1.29. The van der Waals surface area contributed by atoms with Crippen LogP contribution < -0.4 is 0 Å². The standard InChI is InChI=1S/C12H18OS/c1-10(2)13-8-12(9-14)11-6-4-3-5-7-11/h3-7,10,12,14H,8-9H2,1-2H3. The Morgan fingerprint density at radius 2 is 1.86 bits per heavy atom. The third kappa shape index (κ3) is 3.72. The molecule has 1 aromatic rings. The molecule has 0 fully saturated rings. The first kappa shape index (κ1) is 11.6. The van der Waals surface area contributed by atoms with Gasteiger partial charge < -0.3 is 4.74 Å². The Hall–Kier alpha value is -0.470. The van der Waals surface area contributed by atoms with Crippen LogP contribution in [0.5, 0.6) is 0 Å². The number of hydrogen-bond acceptors (Lipinski definition) is 2. The molecule has 0 aliphatic rings. The van der Waals surface area contributed by atoms with Crippen LogP contribution >= 0.6 is 12.6 Å². The molecule has 1 nitrogen and oxygen atoms in total. The van der Waals surface area contributed by atoms with Crippen molar-refractivity contribution in [2.45, 2.75) is 25.9 Å². The predicted molar refractivity (Wildman–Crippen MR) is 64.1 cm³/mol. The molecule has 1 aromatic carbocycles. The predicted octanol–water partition coefficient (Wildman–Crippen LogP) is 3.13. The summed E-state index contributed by atoms with van der Waals surface area (Å²) < 4.78 is 5.60. The van der Waals surface area contributed by atoms with Gasteiger partial charge in [-0.15, -0.1) is 0 Å². The summed E-state index contributed by atoms with van der Waals surface area (Å²) in [6.07, 6.45) is 0.293. The molecule has 1 atom stereocenters. The summed E-state index contributed by atoms with van der Waals surface area (Å²) in [5.74, 6) is 1.23. The van der Waals surface area contributed by atoms with E-state index in [4.69, 9.17) is 4.74 Å². The Morgan fingerprint density at radius 3 is 2.36 bits per heavy atom. The van der Waals surface area contributed by atoms with E-state index in [-0.39, 0.29) is 0 Å². The minimum absolute atomic E-state index is 0.293. The summed E-state index contributed by atoms with van der Waals surface area (Å²) in [7, 11) is 0. The summed E-state index contributed by atoms with van der Waals surface area (Å²) >= 11 is 4.35. The lowest BCUT2D eigenvalue weighted by atomic mass is 10.0. The average molecular weight is 210 g/mol. The molecule has 0 heterocycles. The highest BCUT2D eigenvalue weighted by Gasteiger charge is 2.09. The molecule has 1 rings (SSSR count). The molecule has 0 amide bonds.